The summed E-state index contributed by atoms with van der Waals surface area (Å²) in [5.74, 6) is 1.03. The Hall–Kier alpha value is -1.02. The molecule has 17 heavy (non-hydrogen) atoms. The maximum Gasteiger partial charge on any atom is 0.122 e. The Bertz CT molecular complexity index is 366. The van der Waals surface area contributed by atoms with Crippen molar-refractivity contribution < 1.29 is 5.11 Å². The third-order valence-corrected chi connectivity index (χ3v) is 3.57. The second-order valence-corrected chi connectivity index (χ2v) is 5.98. The number of phenols is 1. The van der Waals surface area contributed by atoms with Crippen LogP contribution in [-0.4, -0.2) is 11.7 Å². The van der Waals surface area contributed by atoms with Gasteiger partial charge in [0.1, 0.15) is 5.75 Å². The predicted octanol–water partition coefficient (Wildman–Crippen LogP) is 3.47. The molecule has 1 unspecified atom stereocenters. The quantitative estimate of drug-likeness (QED) is 0.837. The van der Waals surface area contributed by atoms with E-state index in [1.54, 1.807) is 0 Å². The minimum Gasteiger partial charge on any atom is -0.507 e. The molecule has 0 aliphatic carbocycles. The Morgan fingerprint density at radius 3 is 2.53 bits per heavy atom. The summed E-state index contributed by atoms with van der Waals surface area (Å²) in [5.41, 5.74) is 2.24. The van der Waals surface area contributed by atoms with Crippen molar-refractivity contribution >= 4 is 0 Å². The molecule has 1 rings (SSSR count). The van der Waals surface area contributed by atoms with Crippen molar-refractivity contribution in [2.24, 2.45) is 11.3 Å². The van der Waals surface area contributed by atoms with E-state index in [0.29, 0.717) is 17.1 Å². The molecule has 0 fully saturated rings. The van der Waals surface area contributed by atoms with Crippen LogP contribution in [0.25, 0.3) is 0 Å². The van der Waals surface area contributed by atoms with Gasteiger partial charge >= 0.3 is 0 Å². The third-order valence-electron chi connectivity index (χ3n) is 3.57. The standard InChI is InChI=1S/C15H25NO/c1-11-7-6-8-13(14(11)17)10-16-9-12(2)15(3,4)5/h6-8,12,16-17H,9-10H2,1-5H3. The van der Waals surface area contributed by atoms with Crippen LogP contribution >= 0.6 is 0 Å². The van der Waals surface area contributed by atoms with Crippen LogP contribution in [0.4, 0.5) is 0 Å². The van der Waals surface area contributed by atoms with E-state index >= 15 is 0 Å². The number of aromatic hydroxyl groups is 1. The molecule has 1 atom stereocenters. The van der Waals surface area contributed by atoms with Crippen molar-refractivity contribution in [3.63, 3.8) is 0 Å². The van der Waals surface area contributed by atoms with E-state index in [2.05, 4.69) is 33.0 Å². The van der Waals surface area contributed by atoms with Crippen LogP contribution in [-0.2, 0) is 6.54 Å². The Morgan fingerprint density at radius 2 is 1.94 bits per heavy atom. The van der Waals surface area contributed by atoms with Gasteiger partial charge in [0, 0.05) is 12.1 Å². The summed E-state index contributed by atoms with van der Waals surface area (Å²) in [6.45, 7) is 12.6. The zero-order valence-electron chi connectivity index (χ0n) is 11.7. The van der Waals surface area contributed by atoms with Crippen molar-refractivity contribution in [1.82, 2.24) is 5.32 Å². The van der Waals surface area contributed by atoms with Gasteiger partial charge in [-0.05, 0) is 30.4 Å². The zero-order valence-corrected chi connectivity index (χ0v) is 11.7. The van der Waals surface area contributed by atoms with Crippen LogP contribution in [0, 0.1) is 18.3 Å². The summed E-state index contributed by atoms with van der Waals surface area (Å²) in [5, 5.41) is 13.3. The molecular formula is C15H25NO. The molecule has 2 nitrogen and oxygen atoms in total. The number of rotatable bonds is 4. The van der Waals surface area contributed by atoms with Gasteiger partial charge in [-0.2, -0.15) is 0 Å². The maximum atomic E-state index is 9.88. The normalized spacial score (nSPS) is 13.7. The fourth-order valence-corrected chi connectivity index (χ4v) is 1.59. The Labute approximate surface area is 105 Å². The van der Waals surface area contributed by atoms with Crippen LogP contribution in [0.3, 0.4) is 0 Å². The van der Waals surface area contributed by atoms with E-state index in [4.69, 9.17) is 0 Å². The number of hydrogen-bond donors (Lipinski definition) is 2. The third kappa shape index (κ3) is 4.04. The van der Waals surface area contributed by atoms with Gasteiger partial charge in [0.15, 0.2) is 0 Å². The van der Waals surface area contributed by atoms with Crippen LogP contribution in [0.15, 0.2) is 18.2 Å². The minimum atomic E-state index is 0.321. The average molecular weight is 235 g/mol. The zero-order chi connectivity index (χ0) is 13.1. The highest BCUT2D eigenvalue weighted by Crippen LogP contribution is 2.25. The molecule has 2 heteroatoms. The lowest BCUT2D eigenvalue weighted by atomic mass is 9.82. The summed E-state index contributed by atoms with van der Waals surface area (Å²) in [4.78, 5) is 0. The number of hydrogen-bond acceptors (Lipinski definition) is 2. The van der Waals surface area contributed by atoms with Crippen molar-refractivity contribution in [3.8, 4) is 5.75 Å². The SMILES string of the molecule is Cc1cccc(CNCC(C)C(C)(C)C)c1O. The van der Waals surface area contributed by atoms with E-state index in [-0.39, 0.29) is 0 Å². The summed E-state index contributed by atoms with van der Waals surface area (Å²) >= 11 is 0. The molecule has 0 aliphatic rings. The van der Waals surface area contributed by atoms with E-state index in [0.717, 1.165) is 24.2 Å². The highest BCUT2D eigenvalue weighted by Gasteiger charge is 2.19. The number of benzene rings is 1. The highest BCUT2D eigenvalue weighted by atomic mass is 16.3. The first-order valence-corrected chi connectivity index (χ1v) is 6.30. The predicted molar refractivity (Wildman–Crippen MR) is 73.2 cm³/mol. The number of para-hydroxylation sites is 1. The highest BCUT2D eigenvalue weighted by molar-refractivity contribution is 5.39. The van der Waals surface area contributed by atoms with Crippen molar-refractivity contribution in [3.05, 3.63) is 29.3 Å². The van der Waals surface area contributed by atoms with Crippen molar-refractivity contribution in [2.75, 3.05) is 6.54 Å². The molecule has 0 aliphatic heterocycles. The minimum absolute atomic E-state index is 0.321. The molecule has 2 N–H and O–H groups in total. The van der Waals surface area contributed by atoms with Crippen LogP contribution in [0.1, 0.15) is 38.8 Å². The van der Waals surface area contributed by atoms with Crippen molar-refractivity contribution in [2.45, 2.75) is 41.2 Å². The smallest absolute Gasteiger partial charge is 0.122 e. The van der Waals surface area contributed by atoms with Crippen LogP contribution in [0.5, 0.6) is 5.75 Å². The largest absolute Gasteiger partial charge is 0.507 e. The summed E-state index contributed by atoms with van der Waals surface area (Å²) < 4.78 is 0. The van der Waals surface area contributed by atoms with E-state index < -0.39 is 0 Å². The molecule has 0 saturated heterocycles. The van der Waals surface area contributed by atoms with Gasteiger partial charge in [0.2, 0.25) is 0 Å². The lowest BCUT2D eigenvalue weighted by Gasteiger charge is -2.27. The molecule has 0 saturated carbocycles. The first kappa shape index (κ1) is 14.0. The molecule has 0 radical (unpaired) electrons. The molecule has 0 aromatic heterocycles. The second kappa shape index (κ2) is 5.54. The summed E-state index contributed by atoms with van der Waals surface area (Å²) in [6, 6.07) is 5.88. The molecule has 0 bridgehead atoms. The molecule has 1 aromatic carbocycles. The molecule has 96 valence electrons. The second-order valence-electron chi connectivity index (χ2n) is 5.98. The fourth-order valence-electron chi connectivity index (χ4n) is 1.59. The molecule has 0 heterocycles. The fraction of sp³-hybridized carbons (Fsp3) is 0.600. The average Bonchev–Trinajstić information content (AvgIpc) is 2.22. The Kier molecular flexibility index (Phi) is 4.58. The Morgan fingerprint density at radius 1 is 1.29 bits per heavy atom. The van der Waals surface area contributed by atoms with Gasteiger partial charge in [-0.15, -0.1) is 0 Å². The monoisotopic (exact) mass is 235 g/mol. The maximum absolute atomic E-state index is 9.88. The van der Waals surface area contributed by atoms with Gasteiger partial charge in [-0.3, -0.25) is 0 Å². The van der Waals surface area contributed by atoms with Gasteiger partial charge < -0.3 is 10.4 Å². The number of phenolic OH excluding ortho intramolecular Hbond substituents is 1. The topological polar surface area (TPSA) is 32.3 Å². The van der Waals surface area contributed by atoms with Gasteiger partial charge in [-0.1, -0.05) is 45.9 Å². The van der Waals surface area contributed by atoms with Crippen molar-refractivity contribution in [1.29, 1.82) is 0 Å². The van der Waals surface area contributed by atoms with E-state index in [1.807, 2.05) is 25.1 Å². The molecule has 0 spiro atoms. The number of nitrogens with one attached hydrogen (secondary N) is 1. The molecule has 0 amide bonds. The summed E-state index contributed by atoms with van der Waals surface area (Å²) in [7, 11) is 0. The van der Waals surface area contributed by atoms with Gasteiger partial charge in [-0.25, -0.2) is 0 Å². The summed E-state index contributed by atoms with van der Waals surface area (Å²) in [6.07, 6.45) is 0. The van der Waals surface area contributed by atoms with Gasteiger partial charge in [0.25, 0.3) is 0 Å². The number of aryl methyl sites for hydroxylation is 1. The lowest BCUT2D eigenvalue weighted by molar-refractivity contribution is 0.252. The van der Waals surface area contributed by atoms with Gasteiger partial charge in [0.05, 0.1) is 0 Å². The van der Waals surface area contributed by atoms with E-state index in [9.17, 15) is 5.11 Å². The lowest BCUT2D eigenvalue weighted by Crippen LogP contribution is -2.29. The molecule has 1 aromatic rings. The Balaban J connectivity index is 2.49. The first-order chi connectivity index (χ1) is 7.82. The van der Waals surface area contributed by atoms with Crippen LogP contribution in [0.2, 0.25) is 0 Å². The first-order valence-electron chi connectivity index (χ1n) is 6.30. The molecular weight excluding hydrogens is 210 g/mol. The van der Waals surface area contributed by atoms with E-state index in [1.165, 1.54) is 0 Å². The van der Waals surface area contributed by atoms with Crippen LogP contribution < -0.4 is 5.32 Å².